The van der Waals surface area contributed by atoms with Crippen LogP contribution in [0.1, 0.15) is 5.69 Å². The van der Waals surface area contributed by atoms with Crippen molar-refractivity contribution in [2.45, 2.75) is 6.54 Å². The molecule has 17 heavy (non-hydrogen) atoms. The van der Waals surface area contributed by atoms with Gasteiger partial charge in [-0.3, -0.25) is 4.90 Å². The highest BCUT2D eigenvalue weighted by atomic mass is 16.5. The normalized spacial score (nSPS) is 17.6. The molecular formula is C13H17N3O. The summed E-state index contributed by atoms with van der Waals surface area (Å²) in [5.41, 5.74) is 9.03. The van der Waals surface area contributed by atoms with Crippen molar-refractivity contribution in [3.05, 3.63) is 30.0 Å². The fourth-order valence-corrected chi connectivity index (χ4v) is 2.32. The molecule has 0 radical (unpaired) electrons. The number of H-pyrrole nitrogens is 1. The molecule has 0 amide bonds. The lowest BCUT2D eigenvalue weighted by molar-refractivity contribution is 0.0337. The van der Waals surface area contributed by atoms with Gasteiger partial charge >= 0.3 is 0 Å². The Bertz CT molecular complexity index is 514. The van der Waals surface area contributed by atoms with Gasteiger partial charge in [0.15, 0.2) is 0 Å². The number of morpholine rings is 1. The maximum Gasteiger partial charge on any atom is 0.0690 e. The van der Waals surface area contributed by atoms with E-state index in [1.807, 2.05) is 12.1 Å². The van der Waals surface area contributed by atoms with Gasteiger partial charge in [0.1, 0.15) is 0 Å². The van der Waals surface area contributed by atoms with Crippen LogP contribution in [0, 0.1) is 0 Å². The third kappa shape index (κ3) is 2.14. The van der Waals surface area contributed by atoms with Crippen LogP contribution >= 0.6 is 0 Å². The molecule has 1 aliphatic rings. The molecule has 1 fully saturated rings. The summed E-state index contributed by atoms with van der Waals surface area (Å²) in [6.07, 6.45) is 0. The highest BCUT2D eigenvalue weighted by Crippen LogP contribution is 2.21. The number of nitrogens with two attached hydrogens (primary N) is 1. The van der Waals surface area contributed by atoms with Crippen LogP contribution in [0.15, 0.2) is 24.3 Å². The Morgan fingerprint density at radius 2 is 2.12 bits per heavy atom. The molecule has 90 valence electrons. The molecule has 0 bridgehead atoms. The van der Waals surface area contributed by atoms with Gasteiger partial charge < -0.3 is 15.5 Å². The third-order valence-corrected chi connectivity index (χ3v) is 3.24. The van der Waals surface area contributed by atoms with E-state index in [1.54, 1.807) is 0 Å². The number of benzene rings is 1. The summed E-state index contributed by atoms with van der Waals surface area (Å²) >= 11 is 0. The van der Waals surface area contributed by atoms with Gasteiger partial charge in [0.2, 0.25) is 0 Å². The molecule has 2 aromatic rings. The molecular weight excluding hydrogens is 214 g/mol. The first-order valence-electron chi connectivity index (χ1n) is 5.99. The smallest absolute Gasteiger partial charge is 0.0690 e. The second kappa shape index (κ2) is 4.39. The van der Waals surface area contributed by atoms with E-state index < -0.39 is 0 Å². The van der Waals surface area contributed by atoms with Crippen LogP contribution in [-0.2, 0) is 11.3 Å². The van der Waals surface area contributed by atoms with Crippen molar-refractivity contribution < 1.29 is 4.74 Å². The number of aromatic amines is 1. The Morgan fingerprint density at radius 1 is 1.29 bits per heavy atom. The fraction of sp³-hybridized carbons (Fsp3) is 0.385. The van der Waals surface area contributed by atoms with Crippen molar-refractivity contribution in [3.8, 4) is 0 Å². The quantitative estimate of drug-likeness (QED) is 0.772. The highest BCUT2D eigenvalue weighted by molar-refractivity contribution is 5.90. The summed E-state index contributed by atoms with van der Waals surface area (Å²) in [6, 6.07) is 8.19. The Hall–Kier alpha value is -1.52. The van der Waals surface area contributed by atoms with Crippen LogP contribution in [0.25, 0.3) is 10.9 Å². The summed E-state index contributed by atoms with van der Waals surface area (Å²) in [5, 5.41) is 1.19. The minimum Gasteiger partial charge on any atom is -0.397 e. The maximum absolute atomic E-state index is 5.94. The Kier molecular flexibility index (Phi) is 2.74. The lowest BCUT2D eigenvalue weighted by Gasteiger charge is -2.25. The lowest BCUT2D eigenvalue weighted by atomic mass is 10.2. The number of nitrogens with zero attached hydrogens (tertiary/aromatic N) is 1. The van der Waals surface area contributed by atoms with Gasteiger partial charge in [-0.25, -0.2) is 0 Å². The fourth-order valence-electron chi connectivity index (χ4n) is 2.32. The Morgan fingerprint density at radius 3 is 2.88 bits per heavy atom. The minimum atomic E-state index is 0.815. The van der Waals surface area contributed by atoms with Crippen LogP contribution in [0.3, 0.4) is 0 Å². The number of para-hydroxylation sites is 1. The standard InChI is InChI=1S/C13H17N3O/c14-12-3-1-2-10-8-11(15-13(10)12)9-16-4-6-17-7-5-16/h1-3,8,15H,4-7,9,14H2. The number of anilines is 1. The van der Waals surface area contributed by atoms with E-state index in [2.05, 4.69) is 22.0 Å². The third-order valence-electron chi connectivity index (χ3n) is 3.24. The van der Waals surface area contributed by atoms with Crippen LogP contribution < -0.4 is 5.73 Å². The van der Waals surface area contributed by atoms with Crippen molar-refractivity contribution in [1.82, 2.24) is 9.88 Å². The lowest BCUT2D eigenvalue weighted by Crippen LogP contribution is -2.35. The van der Waals surface area contributed by atoms with E-state index in [9.17, 15) is 0 Å². The average molecular weight is 231 g/mol. The first-order valence-corrected chi connectivity index (χ1v) is 5.99. The zero-order valence-corrected chi connectivity index (χ0v) is 9.78. The zero-order valence-electron chi connectivity index (χ0n) is 9.78. The molecule has 1 saturated heterocycles. The zero-order chi connectivity index (χ0) is 11.7. The monoisotopic (exact) mass is 231 g/mol. The maximum atomic E-state index is 5.94. The molecule has 0 unspecified atom stereocenters. The van der Waals surface area contributed by atoms with E-state index in [1.165, 1.54) is 11.1 Å². The number of ether oxygens (including phenoxy) is 1. The predicted octanol–water partition coefficient (Wildman–Crippen LogP) is 1.58. The number of nitrogens with one attached hydrogen (secondary N) is 1. The molecule has 3 rings (SSSR count). The van der Waals surface area contributed by atoms with Gasteiger partial charge in [-0.15, -0.1) is 0 Å². The van der Waals surface area contributed by atoms with Crippen molar-refractivity contribution in [2.24, 2.45) is 0 Å². The largest absolute Gasteiger partial charge is 0.397 e. The van der Waals surface area contributed by atoms with E-state index >= 15 is 0 Å². The molecule has 0 atom stereocenters. The first kappa shape index (κ1) is 10.6. The topological polar surface area (TPSA) is 54.3 Å². The molecule has 2 heterocycles. The summed E-state index contributed by atoms with van der Waals surface area (Å²) in [7, 11) is 0. The van der Waals surface area contributed by atoms with Gasteiger partial charge in [-0.1, -0.05) is 12.1 Å². The molecule has 4 nitrogen and oxygen atoms in total. The van der Waals surface area contributed by atoms with Crippen molar-refractivity contribution in [1.29, 1.82) is 0 Å². The second-order valence-corrected chi connectivity index (χ2v) is 4.49. The summed E-state index contributed by atoms with van der Waals surface area (Å²) in [6.45, 7) is 4.62. The van der Waals surface area contributed by atoms with Crippen LogP contribution in [-0.4, -0.2) is 36.2 Å². The van der Waals surface area contributed by atoms with E-state index in [-0.39, 0.29) is 0 Å². The van der Waals surface area contributed by atoms with E-state index in [4.69, 9.17) is 10.5 Å². The molecule has 0 saturated carbocycles. The van der Waals surface area contributed by atoms with Gasteiger partial charge in [0.25, 0.3) is 0 Å². The number of fused-ring (bicyclic) bond motifs is 1. The van der Waals surface area contributed by atoms with Crippen LogP contribution in [0.2, 0.25) is 0 Å². The average Bonchev–Trinajstić information content (AvgIpc) is 2.74. The number of hydrogen-bond donors (Lipinski definition) is 2. The van der Waals surface area contributed by atoms with E-state index in [0.29, 0.717) is 0 Å². The van der Waals surface area contributed by atoms with Gasteiger partial charge in [-0.05, 0) is 12.1 Å². The van der Waals surface area contributed by atoms with E-state index in [0.717, 1.165) is 44.1 Å². The second-order valence-electron chi connectivity index (χ2n) is 4.49. The molecule has 1 aliphatic heterocycles. The van der Waals surface area contributed by atoms with Gasteiger partial charge in [-0.2, -0.15) is 0 Å². The van der Waals surface area contributed by atoms with Crippen molar-refractivity contribution in [3.63, 3.8) is 0 Å². The SMILES string of the molecule is Nc1cccc2cc(CN3CCOCC3)[nH]c12. The number of nitrogen functional groups attached to an aromatic ring is 1. The van der Waals surface area contributed by atoms with Crippen LogP contribution in [0.4, 0.5) is 5.69 Å². The predicted molar refractivity (Wildman–Crippen MR) is 68.8 cm³/mol. The molecule has 1 aromatic heterocycles. The van der Waals surface area contributed by atoms with Gasteiger partial charge in [0.05, 0.1) is 24.4 Å². The first-order chi connectivity index (χ1) is 8.33. The Balaban J connectivity index is 1.83. The van der Waals surface area contributed by atoms with Crippen molar-refractivity contribution in [2.75, 3.05) is 32.0 Å². The number of rotatable bonds is 2. The van der Waals surface area contributed by atoms with Crippen LogP contribution in [0.5, 0.6) is 0 Å². The number of hydrogen-bond acceptors (Lipinski definition) is 3. The highest BCUT2D eigenvalue weighted by Gasteiger charge is 2.12. The molecule has 4 heteroatoms. The molecule has 1 aromatic carbocycles. The summed E-state index contributed by atoms with van der Waals surface area (Å²) in [5.74, 6) is 0. The summed E-state index contributed by atoms with van der Waals surface area (Å²) < 4.78 is 5.34. The number of aromatic nitrogens is 1. The van der Waals surface area contributed by atoms with Crippen molar-refractivity contribution >= 4 is 16.6 Å². The molecule has 0 aliphatic carbocycles. The minimum absolute atomic E-state index is 0.815. The van der Waals surface area contributed by atoms with Gasteiger partial charge in [0, 0.05) is 30.7 Å². The molecule has 0 spiro atoms. The Labute approximate surface area is 100 Å². The summed E-state index contributed by atoms with van der Waals surface area (Å²) in [4.78, 5) is 5.80. The molecule has 3 N–H and O–H groups in total.